The number of rotatable bonds is 5. The van der Waals surface area contributed by atoms with Gasteiger partial charge in [-0.25, -0.2) is 0 Å². The van der Waals surface area contributed by atoms with E-state index < -0.39 is 48.5 Å². The Bertz CT molecular complexity index is 1220. The molecule has 0 spiro atoms. The number of aliphatic hydroxyl groups excluding tert-OH is 4. The highest BCUT2D eigenvalue weighted by Gasteiger charge is 2.45. The molecule has 11 nitrogen and oxygen atoms in total. The lowest BCUT2D eigenvalue weighted by molar-refractivity contribution is -0.277. The molecule has 0 radical (unpaired) electrons. The molecular formula is C22H22O11. The van der Waals surface area contributed by atoms with Crippen LogP contribution in [0.25, 0.3) is 22.1 Å². The first-order valence-corrected chi connectivity index (χ1v) is 9.88. The van der Waals surface area contributed by atoms with Crippen LogP contribution in [-0.4, -0.2) is 75.1 Å². The van der Waals surface area contributed by atoms with Crippen LogP contribution in [0.3, 0.4) is 0 Å². The molecule has 1 aromatic heterocycles. The summed E-state index contributed by atoms with van der Waals surface area (Å²) in [6.07, 6.45) is -6.57. The Kier molecular flexibility index (Phi) is 6.15. The van der Waals surface area contributed by atoms with Crippen LogP contribution in [0.2, 0.25) is 0 Å². The summed E-state index contributed by atoms with van der Waals surface area (Å²) in [6, 6.07) is 7.16. The summed E-state index contributed by atoms with van der Waals surface area (Å²) in [6.45, 7) is -0.655. The fourth-order valence-corrected chi connectivity index (χ4v) is 3.67. The standard InChI is InChI=1S/C22H22O11/c1-30-21-13(32-22-20(29)19(28)17(26)14(7-23)33-22)6-12-15(18(21)27)16(25)11(8-31-12)9-3-2-4-10(24)5-9/h2-6,8,14,17,19-20,22-24,26-29H,7H2,1H3/t14-,17-,19+,20-,22-/m1/s1. The maximum Gasteiger partial charge on any atom is 0.229 e. The van der Waals surface area contributed by atoms with Crippen molar-refractivity contribution >= 4 is 11.0 Å². The molecule has 1 aliphatic heterocycles. The molecule has 0 aliphatic carbocycles. The summed E-state index contributed by atoms with van der Waals surface area (Å²) >= 11 is 0. The topological polar surface area (TPSA) is 179 Å². The van der Waals surface area contributed by atoms with Gasteiger partial charge in [-0.15, -0.1) is 0 Å². The van der Waals surface area contributed by atoms with Crippen molar-refractivity contribution in [2.24, 2.45) is 0 Å². The van der Waals surface area contributed by atoms with E-state index in [1.165, 1.54) is 25.3 Å². The Balaban J connectivity index is 1.78. The van der Waals surface area contributed by atoms with Crippen LogP contribution < -0.4 is 14.9 Å². The molecule has 1 aliphatic rings. The van der Waals surface area contributed by atoms with Gasteiger partial charge in [0.25, 0.3) is 0 Å². The van der Waals surface area contributed by atoms with Crippen molar-refractivity contribution in [2.45, 2.75) is 30.7 Å². The number of hydrogen-bond donors (Lipinski definition) is 6. The zero-order valence-corrected chi connectivity index (χ0v) is 17.3. The fraction of sp³-hybridized carbons (Fsp3) is 0.318. The number of hydrogen-bond acceptors (Lipinski definition) is 11. The van der Waals surface area contributed by atoms with E-state index in [9.17, 15) is 35.4 Å². The highest BCUT2D eigenvalue weighted by molar-refractivity contribution is 5.91. The zero-order chi connectivity index (χ0) is 23.9. The monoisotopic (exact) mass is 462 g/mol. The maximum absolute atomic E-state index is 13.1. The van der Waals surface area contributed by atoms with E-state index in [-0.39, 0.29) is 33.8 Å². The van der Waals surface area contributed by atoms with Gasteiger partial charge in [0, 0.05) is 6.07 Å². The molecule has 3 aromatic rings. The second-order valence-electron chi connectivity index (χ2n) is 7.47. The van der Waals surface area contributed by atoms with Crippen molar-refractivity contribution < 1.29 is 49.3 Å². The van der Waals surface area contributed by atoms with Crippen LogP contribution in [0.5, 0.6) is 23.0 Å². The van der Waals surface area contributed by atoms with Crippen LogP contribution in [0.4, 0.5) is 0 Å². The molecule has 5 atom stereocenters. The summed E-state index contributed by atoms with van der Waals surface area (Å²) in [4.78, 5) is 13.1. The lowest BCUT2D eigenvalue weighted by Crippen LogP contribution is -2.60. The SMILES string of the molecule is COc1c(O[C@@H]2O[C@H](CO)[C@@H](O)[C@H](O)[C@H]2O)cc2occ(-c3cccc(O)c3)c(=O)c2c1O. The third-order valence-electron chi connectivity index (χ3n) is 5.41. The Morgan fingerprint density at radius 2 is 1.82 bits per heavy atom. The third-order valence-corrected chi connectivity index (χ3v) is 5.41. The van der Waals surface area contributed by atoms with Crippen LogP contribution >= 0.6 is 0 Å². The highest BCUT2D eigenvalue weighted by atomic mass is 16.7. The van der Waals surface area contributed by atoms with Gasteiger partial charge in [0.2, 0.25) is 17.5 Å². The molecule has 0 bridgehead atoms. The van der Waals surface area contributed by atoms with Crippen LogP contribution in [0.15, 0.2) is 45.8 Å². The molecule has 2 aromatic carbocycles. The number of aliphatic hydroxyl groups is 4. The van der Waals surface area contributed by atoms with E-state index in [0.717, 1.165) is 6.26 Å². The first-order chi connectivity index (χ1) is 15.8. The van der Waals surface area contributed by atoms with E-state index in [0.29, 0.717) is 5.56 Å². The largest absolute Gasteiger partial charge is 0.508 e. The third kappa shape index (κ3) is 3.96. The molecule has 6 N–H and O–H groups in total. The highest BCUT2D eigenvalue weighted by Crippen LogP contribution is 2.43. The average molecular weight is 462 g/mol. The predicted octanol–water partition coefficient (Wildman–Crippen LogP) is 0.0585. The van der Waals surface area contributed by atoms with Gasteiger partial charge in [-0.2, -0.15) is 0 Å². The number of fused-ring (bicyclic) bond motifs is 1. The molecule has 11 heteroatoms. The van der Waals surface area contributed by atoms with E-state index in [4.69, 9.17) is 18.6 Å². The van der Waals surface area contributed by atoms with Crippen molar-refractivity contribution in [1.29, 1.82) is 0 Å². The van der Waals surface area contributed by atoms with Crippen molar-refractivity contribution in [3.8, 4) is 34.1 Å². The van der Waals surface area contributed by atoms with E-state index >= 15 is 0 Å². The summed E-state index contributed by atoms with van der Waals surface area (Å²) in [7, 11) is 1.21. The van der Waals surface area contributed by atoms with Gasteiger partial charge in [-0.1, -0.05) is 12.1 Å². The van der Waals surface area contributed by atoms with Gasteiger partial charge < -0.3 is 49.3 Å². The molecule has 2 heterocycles. The lowest BCUT2D eigenvalue weighted by atomic mass is 9.99. The molecule has 1 saturated heterocycles. The minimum atomic E-state index is -1.70. The van der Waals surface area contributed by atoms with Crippen molar-refractivity contribution in [1.82, 2.24) is 0 Å². The first kappa shape index (κ1) is 22.8. The number of phenolic OH excluding ortho intramolecular Hbond substituents is 2. The molecule has 0 unspecified atom stereocenters. The first-order valence-electron chi connectivity index (χ1n) is 9.88. The normalized spacial score (nSPS) is 25.2. The molecule has 4 rings (SSSR count). The zero-order valence-electron chi connectivity index (χ0n) is 17.3. The average Bonchev–Trinajstić information content (AvgIpc) is 2.79. The molecule has 1 fully saturated rings. The second kappa shape index (κ2) is 8.89. The molecule has 176 valence electrons. The van der Waals surface area contributed by atoms with Gasteiger partial charge >= 0.3 is 0 Å². The lowest BCUT2D eigenvalue weighted by Gasteiger charge is -2.39. The summed E-state index contributed by atoms with van der Waals surface area (Å²) in [5.41, 5.74) is -0.233. The number of aromatic hydroxyl groups is 2. The molecular weight excluding hydrogens is 440 g/mol. The van der Waals surface area contributed by atoms with Crippen molar-refractivity contribution in [3.05, 3.63) is 46.8 Å². The number of methoxy groups -OCH3 is 1. The number of benzene rings is 2. The van der Waals surface area contributed by atoms with Crippen LogP contribution in [-0.2, 0) is 4.74 Å². The summed E-state index contributed by atoms with van der Waals surface area (Å²) in [5, 5.41) is 59.7. The predicted molar refractivity (Wildman–Crippen MR) is 112 cm³/mol. The molecule has 0 saturated carbocycles. The van der Waals surface area contributed by atoms with Gasteiger partial charge in [0.1, 0.15) is 47.4 Å². The van der Waals surface area contributed by atoms with Gasteiger partial charge in [0.15, 0.2) is 11.5 Å². The Morgan fingerprint density at radius 1 is 1.06 bits per heavy atom. The van der Waals surface area contributed by atoms with Crippen molar-refractivity contribution in [3.63, 3.8) is 0 Å². The van der Waals surface area contributed by atoms with Gasteiger partial charge in [-0.05, 0) is 17.7 Å². The van der Waals surface area contributed by atoms with Gasteiger partial charge in [0.05, 0.1) is 19.3 Å². The molecule has 33 heavy (non-hydrogen) atoms. The van der Waals surface area contributed by atoms with Crippen LogP contribution in [0.1, 0.15) is 0 Å². The van der Waals surface area contributed by atoms with Crippen LogP contribution in [0, 0.1) is 0 Å². The quantitative estimate of drug-likeness (QED) is 0.302. The van der Waals surface area contributed by atoms with E-state index in [1.807, 2.05) is 0 Å². The smallest absolute Gasteiger partial charge is 0.229 e. The molecule has 0 amide bonds. The minimum Gasteiger partial charge on any atom is -0.508 e. The minimum absolute atomic E-state index is 0.0583. The number of ether oxygens (including phenoxy) is 3. The van der Waals surface area contributed by atoms with Gasteiger partial charge in [-0.3, -0.25) is 4.79 Å². The maximum atomic E-state index is 13.1. The Labute approximate surface area is 186 Å². The van der Waals surface area contributed by atoms with E-state index in [1.54, 1.807) is 12.1 Å². The second-order valence-corrected chi connectivity index (χ2v) is 7.47. The summed E-state index contributed by atoms with van der Waals surface area (Å²) in [5.74, 6) is -1.14. The van der Waals surface area contributed by atoms with Crippen molar-refractivity contribution in [2.75, 3.05) is 13.7 Å². The van der Waals surface area contributed by atoms with E-state index in [2.05, 4.69) is 0 Å². The summed E-state index contributed by atoms with van der Waals surface area (Å²) < 4.78 is 21.6. The Morgan fingerprint density at radius 3 is 2.48 bits per heavy atom. The Hall–Kier alpha value is -3.35. The fourth-order valence-electron chi connectivity index (χ4n) is 3.67. The number of phenols is 2.